The van der Waals surface area contributed by atoms with Crippen LogP contribution in [0.3, 0.4) is 0 Å². The summed E-state index contributed by atoms with van der Waals surface area (Å²) in [6, 6.07) is 0. The Balaban J connectivity index is 4.25. The summed E-state index contributed by atoms with van der Waals surface area (Å²) >= 11 is 3.50. The predicted octanol–water partition coefficient (Wildman–Crippen LogP) is 5.91. The second-order valence-electron chi connectivity index (χ2n) is 7.66. The largest absolute Gasteiger partial charge is 0.386 e. The molecule has 0 bridgehead atoms. The van der Waals surface area contributed by atoms with Crippen molar-refractivity contribution < 1.29 is 15.0 Å². The van der Waals surface area contributed by atoms with E-state index in [1.807, 2.05) is 0 Å². The van der Waals surface area contributed by atoms with Gasteiger partial charge in [0.1, 0.15) is 5.60 Å². The molecular weight excluding hydrogens is 398 g/mol. The lowest BCUT2D eigenvalue weighted by Crippen LogP contribution is -2.37. The minimum Gasteiger partial charge on any atom is -0.386 e. The van der Waals surface area contributed by atoms with E-state index in [-0.39, 0.29) is 4.83 Å². The Labute approximate surface area is 166 Å². The zero-order valence-corrected chi connectivity index (χ0v) is 18.3. The van der Waals surface area contributed by atoms with Crippen molar-refractivity contribution in [2.75, 3.05) is 0 Å². The molecule has 2 unspecified atom stereocenters. The van der Waals surface area contributed by atoms with Crippen LogP contribution in [0.25, 0.3) is 0 Å². The monoisotopic (exact) mass is 431 g/mol. The van der Waals surface area contributed by atoms with Crippen molar-refractivity contribution in [3.8, 4) is 0 Å². The Morgan fingerprint density at radius 3 is 2.31 bits per heavy atom. The number of nitrogens with zero attached hydrogens (tertiary/aromatic N) is 1. The van der Waals surface area contributed by atoms with Gasteiger partial charge in [0.05, 0.1) is 5.60 Å². The molecule has 0 saturated carbocycles. The van der Waals surface area contributed by atoms with E-state index in [1.54, 1.807) is 26.8 Å². The molecule has 0 rings (SSSR count). The van der Waals surface area contributed by atoms with Crippen LogP contribution < -0.4 is 0 Å². The topological polar surface area (TPSA) is 72.6 Å². The first kappa shape index (κ1) is 24.9. The second-order valence-corrected chi connectivity index (χ2v) is 8.77. The Bertz CT molecular complexity index is 524. The molecule has 0 aromatic carbocycles. The molecule has 0 heterocycles. The van der Waals surface area contributed by atoms with Crippen molar-refractivity contribution in [1.29, 1.82) is 0 Å². The Kier molecular flexibility index (Phi) is 11.0. The fourth-order valence-corrected chi connectivity index (χ4v) is 2.73. The lowest BCUT2D eigenvalue weighted by Gasteiger charge is -2.27. The smallest absolute Gasteiger partial charge is 0.295 e. The molecule has 0 saturated heterocycles. The van der Waals surface area contributed by atoms with Crippen molar-refractivity contribution in [3.63, 3.8) is 0 Å². The number of halogens is 1. The molecule has 5 nitrogen and oxygen atoms in total. The highest BCUT2D eigenvalue weighted by atomic mass is 79.9. The van der Waals surface area contributed by atoms with Crippen LogP contribution in [-0.2, 0) is 4.84 Å². The number of allylic oxidation sites excluding steroid dienone is 4. The number of aliphatic hydroxyl groups is 1. The van der Waals surface area contributed by atoms with Crippen LogP contribution >= 0.6 is 15.9 Å². The maximum Gasteiger partial charge on any atom is 0.295 e. The third-order valence-electron chi connectivity index (χ3n) is 4.47. The summed E-state index contributed by atoms with van der Waals surface area (Å²) in [4.78, 5) is 15.2. The first-order chi connectivity index (χ1) is 11.9. The molecule has 26 heavy (non-hydrogen) atoms. The summed E-state index contributed by atoms with van der Waals surface area (Å²) in [5, 5.41) is 19.7. The molecule has 0 aliphatic heterocycles. The highest BCUT2D eigenvalue weighted by Crippen LogP contribution is 2.27. The number of alkyl halides is 1. The van der Waals surface area contributed by atoms with Gasteiger partial charge in [-0.05, 0) is 73.1 Å². The normalized spacial score (nSPS) is 16.7. The van der Waals surface area contributed by atoms with Crippen LogP contribution in [0.1, 0.15) is 73.1 Å². The molecule has 1 N–H and O–H groups in total. The summed E-state index contributed by atoms with van der Waals surface area (Å²) in [5.74, 6) is 0. The van der Waals surface area contributed by atoms with Gasteiger partial charge in [-0.3, -0.25) is 0 Å². The lowest BCUT2D eigenvalue weighted by atomic mass is 9.98. The summed E-state index contributed by atoms with van der Waals surface area (Å²) < 4.78 is 0. The first-order valence-corrected chi connectivity index (χ1v) is 9.96. The highest BCUT2D eigenvalue weighted by Gasteiger charge is 2.31. The molecule has 0 aromatic rings. The standard InChI is InChI=1S/C20H34BrNO4/c1-7-20(6,23)15-9-12-16(2)10-8-11-17(3)13-14-18(21)19(4,5)26-22(24)25/h7,11-12,18,23H,1,8-10,13-15H2,2-6H3/b16-12+,17-11+. The van der Waals surface area contributed by atoms with Gasteiger partial charge < -0.3 is 9.94 Å². The van der Waals surface area contributed by atoms with Gasteiger partial charge in [0, 0.05) is 4.83 Å². The van der Waals surface area contributed by atoms with Crippen molar-refractivity contribution in [3.05, 3.63) is 46.1 Å². The summed E-state index contributed by atoms with van der Waals surface area (Å²) in [6.45, 7) is 13.0. The van der Waals surface area contributed by atoms with Crippen LogP contribution in [0.15, 0.2) is 36.0 Å². The van der Waals surface area contributed by atoms with Gasteiger partial charge in [0.15, 0.2) is 0 Å². The van der Waals surface area contributed by atoms with Crippen LogP contribution in [0.5, 0.6) is 0 Å². The van der Waals surface area contributed by atoms with E-state index >= 15 is 0 Å². The SMILES string of the molecule is C=CC(C)(O)CC/C=C(\C)CC/C=C(\C)CCC(Br)C(C)(C)O[N+](=O)[O-]. The summed E-state index contributed by atoms with van der Waals surface area (Å²) in [7, 11) is 0. The van der Waals surface area contributed by atoms with Crippen LogP contribution in [0, 0.1) is 10.1 Å². The third-order valence-corrected chi connectivity index (χ3v) is 6.03. The minimum atomic E-state index is -0.851. The zero-order valence-electron chi connectivity index (χ0n) is 16.8. The zero-order chi connectivity index (χ0) is 20.4. The average molecular weight is 432 g/mol. The number of hydrogen-bond acceptors (Lipinski definition) is 4. The van der Waals surface area contributed by atoms with Gasteiger partial charge >= 0.3 is 0 Å². The molecule has 0 aromatic heterocycles. The van der Waals surface area contributed by atoms with E-state index in [0.717, 1.165) is 32.1 Å². The Morgan fingerprint density at radius 2 is 1.77 bits per heavy atom. The van der Waals surface area contributed by atoms with Gasteiger partial charge in [0.2, 0.25) is 0 Å². The van der Waals surface area contributed by atoms with E-state index in [4.69, 9.17) is 4.84 Å². The van der Waals surface area contributed by atoms with Crippen molar-refractivity contribution >= 4 is 15.9 Å². The van der Waals surface area contributed by atoms with Crippen LogP contribution in [-0.4, -0.2) is 26.2 Å². The van der Waals surface area contributed by atoms with Gasteiger partial charge in [-0.15, -0.1) is 16.7 Å². The Hall–Kier alpha value is -1.14. The molecule has 0 spiro atoms. The van der Waals surface area contributed by atoms with Gasteiger partial charge in [-0.2, -0.15) is 0 Å². The first-order valence-electron chi connectivity index (χ1n) is 9.04. The maximum atomic E-state index is 10.5. The molecular formula is C20H34BrNO4. The summed E-state index contributed by atoms with van der Waals surface area (Å²) in [5.41, 5.74) is 0.934. The molecule has 0 aliphatic rings. The molecule has 0 radical (unpaired) electrons. The average Bonchev–Trinajstić information content (AvgIpc) is 2.51. The van der Waals surface area contributed by atoms with E-state index in [0.29, 0.717) is 6.42 Å². The number of rotatable bonds is 13. The molecule has 6 heteroatoms. The van der Waals surface area contributed by atoms with Crippen molar-refractivity contribution in [2.45, 2.75) is 89.2 Å². The third kappa shape index (κ3) is 11.5. The van der Waals surface area contributed by atoms with Crippen molar-refractivity contribution in [2.24, 2.45) is 0 Å². The molecule has 150 valence electrons. The van der Waals surface area contributed by atoms with Gasteiger partial charge in [0.25, 0.3) is 5.09 Å². The molecule has 0 fully saturated rings. The van der Waals surface area contributed by atoms with Gasteiger partial charge in [-0.25, -0.2) is 0 Å². The lowest BCUT2D eigenvalue weighted by molar-refractivity contribution is -0.778. The minimum absolute atomic E-state index is 0.0944. The fourth-order valence-electron chi connectivity index (χ4n) is 2.41. The van der Waals surface area contributed by atoms with E-state index in [9.17, 15) is 15.2 Å². The molecule has 2 atom stereocenters. The van der Waals surface area contributed by atoms with Crippen LogP contribution in [0.2, 0.25) is 0 Å². The summed E-state index contributed by atoms with van der Waals surface area (Å²) in [6.07, 6.45) is 11.1. The van der Waals surface area contributed by atoms with Crippen molar-refractivity contribution in [1.82, 2.24) is 0 Å². The van der Waals surface area contributed by atoms with Crippen LogP contribution in [0.4, 0.5) is 0 Å². The maximum absolute atomic E-state index is 10.5. The Morgan fingerprint density at radius 1 is 1.23 bits per heavy atom. The fraction of sp³-hybridized carbons (Fsp3) is 0.700. The molecule has 0 amide bonds. The van der Waals surface area contributed by atoms with E-state index in [1.165, 1.54) is 11.1 Å². The van der Waals surface area contributed by atoms with Gasteiger partial charge in [-0.1, -0.05) is 45.3 Å². The molecule has 0 aliphatic carbocycles. The highest BCUT2D eigenvalue weighted by molar-refractivity contribution is 9.09. The van der Waals surface area contributed by atoms with E-state index < -0.39 is 16.3 Å². The van der Waals surface area contributed by atoms with E-state index in [2.05, 4.69) is 48.5 Å². The second kappa shape index (κ2) is 11.5. The number of hydrogen-bond donors (Lipinski definition) is 1. The predicted molar refractivity (Wildman–Crippen MR) is 111 cm³/mol. The quantitative estimate of drug-likeness (QED) is 0.170.